The van der Waals surface area contributed by atoms with E-state index in [4.69, 9.17) is 44.8 Å². The van der Waals surface area contributed by atoms with Crippen LogP contribution in [-0.2, 0) is 6.42 Å². The minimum absolute atomic E-state index is 0.157. The number of nitrogens with zero attached hydrogens (tertiary/aromatic N) is 2. The molecule has 0 amide bonds. The van der Waals surface area contributed by atoms with Gasteiger partial charge < -0.3 is 4.74 Å². The Balaban J connectivity index is 2.60. The summed E-state index contributed by atoms with van der Waals surface area (Å²) in [6.45, 7) is 0. The molecule has 6 heteroatoms. The van der Waals surface area contributed by atoms with Crippen LogP contribution < -0.4 is 4.74 Å². The molecule has 0 radical (unpaired) electrons. The van der Waals surface area contributed by atoms with Gasteiger partial charge in [0, 0.05) is 11.6 Å². The van der Waals surface area contributed by atoms with E-state index in [1.54, 1.807) is 18.2 Å². The molecule has 0 aliphatic rings. The van der Waals surface area contributed by atoms with Gasteiger partial charge in [0.25, 0.3) is 0 Å². The maximum absolute atomic E-state index is 8.90. The molecule has 2 rings (SSSR count). The molecule has 1 aromatic heterocycles. The van der Waals surface area contributed by atoms with Crippen molar-refractivity contribution in [1.82, 2.24) is 4.98 Å². The fourth-order valence-electron chi connectivity index (χ4n) is 1.78. The number of hydrogen-bond acceptors (Lipinski definition) is 3. The summed E-state index contributed by atoms with van der Waals surface area (Å²) < 4.78 is 5.06. The van der Waals surface area contributed by atoms with Gasteiger partial charge in [-0.15, -0.1) is 0 Å². The molecule has 0 bridgehead atoms. The number of ether oxygens (including phenoxy) is 1. The molecule has 0 saturated carbocycles. The van der Waals surface area contributed by atoms with Crippen molar-refractivity contribution >= 4 is 34.8 Å². The number of pyridine rings is 1. The van der Waals surface area contributed by atoms with Gasteiger partial charge in [0.05, 0.1) is 40.4 Å². The van der Waals surface area contributed by atoms with Gasteiger partial charge in [0.2, 0.25) is 5.88 Å². The Morgan fingerprint density at radius 3 is 2.40 bits per heavy atom. The second-order valence-electron chi connectivity index (χ2n) is 3.94. The highest BCUT2D eigenvalue weighted by atomic mass is 35.5. The SMILES string of the molecule is COc1ccc(-c2cc(Cl)c(Cl)c(Cl)c2)c(CC#N)n1. The third-order valence-corrected chi connectivity index (χ3v) is 3.90. The predicted octanol–water partition coefficient (Wildman–Crippen LogP) is 4.78. The van der Waals surface area contributed by atoms with E-state index in [2.05, 4.69) is 11.1 Å². The number of benzene rings is 1. The number of aromatic nitrogens is 1. The topological polar surface area (TPSA) is 45.9 Å². The molecule has 1 heterocycles. The highest BCUT2D eigenvalue weighted by molar-refractivity contribution is 6.48. The summed E-state index contributed by atoms with van der Waals surface area (Å²) in [7, 11) is 1.52. The van der Waals surface area contributed by atoms with Crippen LogP contribution in [0.4, 0.5) is 0 Å². The Kier molecular flexibility index (Phi) is 4.72. The zero-order valence-electron chi connectivity index (χ0n) is 10.5. The molecule has 0 spiro atoms. The summed E-state index contributed by atoms with van der Waals surface area (Å²) >= 11 is 18.0. The monoisotopic (exact) mass is 326 g/mol. The van der Waals surface area contributed by atoms with Gasteiger partial charge in [-0.25, -0.2) is 4.98 Å². The van der Waals surface area contributed by atoms with Gasteiger partial charge in [-0.2, -0.15) is 5.26 Å². The molecule has 0 N–H and O–H groups in total. The number of methoxy groups -OCH3 is 1. The summed E-state index contributed by atoms with van der Waals surface area (Å²) in [5.74, 6) is 0.449. The minimum Gasteiger partial charge on any atom is -0.481 e. The van der Waals surface area contributed by atoms with Gasteiger partial charge in [-0.3, -0.25) is 0 Å². The molecule has 2 aromatic rings. The molecule has 0 atom stereocenters. The lowest BCUT2D eigenvalue weighted by molar-refractivity contribution is 0.397. The number of hydrogen-bond donors (Lipinski definition) is 0. The third-order valence-electron chi connectivity index (χ3n) is 2.70. The van der Waals surface area contributed by atoms with E-state index < -0.39 is 0 Å². The van der Waals surface area contributed by atoms with Crippen molar-refractivity contribution in [1.29, 1.82) is 5.26 Å². The first-order chi connectivity index (χ1) is 9.56. The normalized spacial score (nSPS) is 10.2. The van der Waals surface area contributed by atoms with E-state index >= 15 is 0 Å². The average Bonchev–Trinajstić information content (AvgIpc) is 2.44. The van der Waals surface area contributed by atoms with E-state index in [-0.39, 0.29) is 6.42 Å². The van der Waals surface area contributed by atoms with Crippen LogP contribution >= 0.6 is 34.8 Å². The van der Waals surface area contributed by atoms with Crippen LogP contribution in [0, 0.1) is 11.3 Å². The van der Waals surface area contributed by atoms with Gasteiger partial charge in [0.15, 0.2) is 0 Å². The van der Waals surface area contributed by atoms with E-state index in [0.717, 1.165) is 11.1 Å². The second kappa shape index (κ2) is 6.32. The van der Waals surface area contributed by atoms with Crippen LogP contribution in [0.2, 0.25) is 15.1 Å². The summed E-state index contributed by atoms with van der Waals surface area (Å²) in [5.41, 5.74) is 2.12. The third kappa shape index (κ3) is 2.99. The fourth-order valence-corrected chi connectivity index (χ4v) is 2.37. The zero-order valence-corrected chi connectivity index (χ0v) is 12.7. The Bertz CT molecular complexity index is 672. The molecule has 0 unspecified atom stereocenters. The lowest BCUT2D eigenvalue weighted by Crippen LogP contribution is -1.96. The Morgan fingerprint density at radius 2 is 1.85 bits per heavy atom. The van der Waals surface area contributed by atoms with Crippen molar-refractivity contribution in [2.45, 2.75) is 6.42 Å². The molecular weight excluding hydrogens is 319 g/mol. The van der Waals surface area contributed by atoms with Crippen LogP contribution in [-0.4, -0.2) is 12.1 Å². The predicted molar refractivity (Wildman–Crippen MR) is 80.6 cm³/mol. The molecule has 0 aliphatic heterocycles. The van der Waals surface area contributed by atoms with E-state index in [9.17, 15) is 0 Å². The van der Waals surface area contributed by atoms with Crippen molar-refractivity contribution in [3.63, 3.8) is 0 Å². The molecular formula is C14H9Cl3N2O. The lowest BCUT2D eigenvalue weighted by atomic mass is 10.0. The summed E-state index contributed by atoms with van der Waals surface area (Å²) in [6.07, 6.45) is 0.157. The summed E-state index contributed by atoms with van der Waals surface area (Å²) in [4.78, 5) is 4.28. The number of nitriles is 1. The smallest absolute Gasteiger partial charge is 0.213 e. The van der Waals surface area contributed by atoms with Crippen molar-refractivity contribution in [2.24, 2.45) is 0 Å². The highest BCUT2D eigenvalue weighted by Gasteiger charge is 2.12. The number of halogens is 3. The van der Waals surface area contributed by atoms with Crippen molar-refractivity contribution in [2.75, 3.05) is 7.11 Å². The quantitative estimate of drug-likeness (QED) is 0.762. The van der Waals surface area contributed by atoms with Crippen molar-refractivity contribution in [3.8, 4) is 23.1 Å². The minimum atomic E-state index is 0.157. The number of rotatable bonds is 3. The first-order valence-electron chi connectivity index (χ1n) is 5.62. The van der Waals surface area contributed by atoms with Gasteiger partial charge in [0.1, 0.15) is 0 Å². The standard InChI is InChI=1S/C14H9Cl3N2O/c1-20-13-3-2-9(12(19-13)4-5-18)8-6-10(15)14(17)11(16)7-8/h2-3,6-7H,4H2,1H3. The van der Waals surface area contributed by atoms with Gasteiger partial charge in [-0.1, -0.05) is 34.8 Å². The van der Waals surface area contributed by atoms with E-state index in [1.807, 2.05) is 6.07 Å². The molecule has 20 heavy (non-hydrogen) atoms. The summed E-state index contributed by atoms with van der Waals surface area (Å²) in [6, 6.07) is 8.99. The Morgan fingerprint density at radius 1 is 1.20 bits per heavy atom. The van der Waals surface area contributed by atoms with Crippen LogP contribution in [0.5, 0.6) is 5.88 Å². The lowest BCUT2D eigenvalue weighted by Gasteiger charge is -2.10. The van der Waals surface area contributed by atoms with Crippen LogP contribution in [0.15, 0.2) is 24.3 Å². The second-order valence-corrected chi connectivity index (χ2v) is 5.13. The average molecular weight is 328 g/mol. The van der Waals surface area contributed by atoms with E-state index in [0.29, 0.717) is 26.6 Å². The first-order valence-corrected chi connectivity index (χ1v) is 6.76. The molecule has 3 nitrogen and oxygen atoms in total. The molecule has 1 aromatic carbocycles. The Labute approximate surface area is 131 Å². The zero-order chi connectivity index (χ0) is 14.7. The van der Waals surface area contributed by atoms with Gasteiger partial charge >= 0.3 is 0 Å². The Hall–Kier alpha value is -1.47. The molecule has 102 valence electrons. The van der Waals surface area contributed by atoms with Gasteiger partial charge in [-0.05, 0) is 23.8 Å². The molecule has 0 fully saturated rings. The van der Waals surface area contributed by atoms with Crippen molar-refractivity contribution in [3.05, 3.63) is 45.0 Å². The largest absolute Gasteiger partial charge is 0.481 e. The van der Waals surface area contributed by atoms with Crippen molar-refractivity contribution < 1.29 is 4.74 Å². The van der Waals surface area contributed by atoms with E-state index in [1.165, 1.54) is 7.11 Å². The first kappa shape index (κ1) is 14.9. The van der Waals surface area contributed by atoms with Crippen LogP contribution in [0.3, 0.4) is 0 Å². The van der Waals surface area contributed by atoms with Crippen LogP contribution in [0.1, 0.15) is 5.69 Å². The molecule has 0 saturated heterocycles. The highest BCUT2D eigenvalue weighted by Crippen LogP contribution is 2.36. The molecule has 0 aliphatic carbocycles. The maximum atomic E-state index is 8.90. The van der Waals surface area contributed by atoms with Crippen LogP contribution in [0.25, 0.3) is 11.1 Å². The summed E-state index contributed by atoms with van der Waals surface area (Å²) in [5, 5.41) is 9.92. The maximum Gasteiger partial charge on any atom is 0.213 e. The fraction of sp³-hybridized carbons (Fsp3) is 0.143.